The minimum absolute atomic E-state index is 0.150. The minimum Gasteiger partial charge on any atom is -0.312 e. The van der Waals surface area contributed by atoms with Crippen LogP contribution in [0.15, 0.2) is 24.3 Å². The van der Waals surface area contributed by atoms with Gasteiger partial charge >= 0.3 is 0 Å². The molecule has 0 bridgehead atoms. The molecule has 0 fully saturated rings. The molecule has 15 heavy (non-hydrogen) atoms. The van der Waals surface area contributed by atoms with E-state index in [1.807, 2.05) is 30.9 Å². The second kappa shape index (κ2) is 4.05. The first-order chi connectivity index (χ1) is 7.24. The zero-order valence-electron chi connectivity index (χ0n) is 9.36. The average Bonchev–Trinajstić information content (AvgIpc) is 2.38. The molecule has 0 spiro atoms. The molecule has 0 radical (unpaired) electrons. The summed E-state index contributed by atoms with van der Waals surface area (Å²) in [6, 6.07) is 8.23. The van der Waals surface area contributed by atoms with Crippen LogP contribution in [-0.4, -0.2) is 12.5 Å². The summed E-state index contributed by atoms with van der Waals surface area (Å²) in [5, 5.41) is 0. The zero-order valence-corrected chi connectivity index (χ0v) is 9.36. The number of nitrogens with zero attached hydrogens (tertiary/aromatic N) is 1. The molecular weight excluding hydrogens is 186 g/mol. The second-order valence-corrected chi connectivity index (χ2v) is 4.15. The molecule has 2 rings (SSSR count). The smallest absolute Gasteiger partial charge is 0.229 e. The van der Waals surface area contributed by atoms with Gasteiger partial charge < -0.3 is 4.90 Å². The van der Waals surface area contributed by atoms with Gasteiger partial charge in [-0.15, -0.1) is 0 Å². The van der Waals surface area contributed by atoms with Crippen molar-refractivity contribution in [2.24, 2.45) is 5.92 Å². The fourth-order valence-corrected chi connectivity index (χ4v) is 2.19. The summed E-state index contributed by atoms with van der Waals surface area (Å²) >= 11 is 0. The predicted octanol–water partition coefficient (Wildman–Crippen LogP) is 2.62. The Morgan fingerprint density at radius 1 is 1.40 bits per heavy atom. The molecule has 1 heterocycles. The van der Waals surface area contributed by atoms with E-state index < -0.39 is 0 Å². The number of hydrogen-bond donors (Lipinski definition) is 0. The number of rotatable bonds is 1. The van der Waals surface area contributed by atoms with E-state index in [0.717, 1.165) is 25.1 Å². The van der Waals surface area contributed by atoms with Crippen LogP contribution in [0.5, 0.6) is 0 Å². The fourth-order valence-electron chi connectivity index (χ4n) is 2.19. The average molecular weight is 203 g/mol. The van der Waals surface area contributed by atoms with E-state index in [1.54, 1.807) is 0 Å². The lowest BCUT2D eigenvalue weighted by Gasteiger charge is -2.22. The van der Waals surface area contributed by atoms with Crippen molar-refractivity contribution in [1.82, 2.24) is 0 Å². The molecule has 1 aliphatic rings. The maximum absolute atomic E-state index is 12.1. The summed E-state index contributed by atoms with van der Waals surface area (Å²) in [7, 11) is 0. The van der Waals surface area contributed by atoms with Crippen LogP contribution in [0.1, 0.15) is 25.8 Å². The SMILES string of the molecule is CCN1C(=O)C(C)CCc2ccccc21. The summed E-state index contributed by atoms with van der Waals surface area (Å²) < 4.78 is 0. The molecule has 2 heteroatoms. The molecule has 0 saturated carbocycles. The number of fused-ring (bicyclic) bond motifs is 1. The predicted molar refractivity (Wildman–Crippen MR) is 62.0 cm³/mol. The summed E-state index contributed by atoms with van der Waals surface area (Å²) in [4.78, 5) is 14.0. The Balaban J connectivity index is 2.45. The Morgan fingerprint density at radius 2 is 2.13 bits per heavy atom. The summed E-state index contributed by atoms with van der Waals surface area (Å²) in [6.45, 7) is 4.82. The lowest BCUT2D eigenvalue weighted by Crippen LogP contribution is -2.34. The van der Waals surface area contributed by atoms with Gasteiger partial charge in [-0.3, -0.25) is 4.79 Å². The van der Waals surface area contributed by atoms with E-state index >= 15 is 0 Å². The standard InChI is InChI=1S/C13H17NO/c1-3-14-12-7-5-4-6-11(12)9-8-10(2)13(14)15/h4-7,10H,3,8-9H2,1-2H3. The topological polar surface area (TPSA) is 20.3 Å². The Kier molecular flexibility index (Phi) is 2.76. The number of benzene rings is 1. The number of para-hydroxylation sites is 1. The van der Waals surface area contributed by atoms with Crippen molar-refractivity contribution in [3.05, 3.63) is 29.8 Å². The Bertz CT molecular complexity index is 373. The number of aryl methyl sites for hydroxylation is 1. The molecule has 0 aromatic heterocycles. The van der Waals surface area contributed by atoms with E-state index in [9.17, 15) is 4.79 Å². The molecule has 0 N–H and O–H groups in total. The van der Waals surface area contributed by atoms with Crippen molar-refractivity contribution in [2.45, 2.75) is 26.7 Å². The first kappa shape index (κ1) is 10.2. The molecule has 1 amide bonds. The number of hydrogen-bond acceptors (Lipinski definition) is 1. The van der Waals surface area contributed by atoms with Gasteiger partial charge in [0.05, 0.1) is 0 Å². The van der Waals surface area contributed by atoms with Crippen molar-refractivity contribution < 1.29 is 4.79 Å². The van der Waals surface area contributed by atoms with E-state index in [2.05, 4.69) is 12.1 Å². The van der Waals surface area contributed by atoms with Crippen molar-refractivity contribution >= 4 is 11.6 Å². The van der Waals surface area contributed by atoms with E-state index in [-0.39, 0.29) is 11.8 Å². The molecular formula is C13H17NO. The van der Waals surface area contributed by atoms with Crippen LogP contribution in [0.4, 0.5) is 5.69 Å². The third kappa shape index (κ3) is 1.76. The lowest BCUT2D eigenvalue weighted by molar-refractivity contribution is -0.121. The van der Waals surface area contributed by atoms with Gasteiger partial charge in [0.1, 0.15) is 0 Å². The Morgan fingerprint density at radius 3 is 2.87 bits per heavy atom. The van der Waals surface area contributed by atoms with Gasteiger partial charge in [-0.25, -0.2) is 0 Å². The molecule has 0 aliphatic carbocycles. The highest BCUT2D eigenvalue weighted by atomic mass is 16.2. The quantitative estimate of drug-likeness (QED) is 0.687. The molecule has 1 aromatic rings. The molecule has 1 atom stereocenters. The van der Waals surface area contributed by atoms with Crippen LogP contribution in [0.25, 0.3) is 0 Å². The van der Waals surface area contributed by atoms with E-state index in [1.165, 1.54) is 5.56 Å². The summed E-state index contributed by atoms with van der Waals surface area (Å²) in [5.74, 6) is 0.416. The van der Waals surface area contributed by atoms with E-state index in [4.69, 9.17) is 0 Å². The number of amides is 1. The van der Waals surface area contributed by atoms with E-state index in [0.29, 0.717) is 0 Å². The second-order valence-electron chi connectivity index (χ2n) is 4.15. The normalized spacial score (nSPS) is 21.1. The monoisotopic (exact) mass is 203 g/mol. The number of anilines is 1. The molecule has 1 unspecified atom stereocenters. The van der Waals surface area contributed by atoms with Gasteiger partial charge in [0, 0.05) is 18.2 Å². The van der Waals surface area contributed by atoms with Crippen molar-refractivity contribution in [1.29, 1.82) is 0 Å². The highest BCUT2D eigenvalue weighted by Gasteiger charge is 2.25. The Hall–Kier alpha value is -1.31. The van der Waals surface area contributed by atoms with Crippen LogP contribution in [-0.2, 0) is 11.2 Å². The zero-order chi connectivity index (χ0) is 10.8. The van der Waals surface area contributed by atoms with Crippen molar-refractivity contribution in [3.63, 3.8) is 0 Å². The maximum Gasteiger partial charge on any atom is 0.229 e. The minimum atomic E-state index is 0.150. The molecule has 1 aliphatic heterocycles. The van der Waals surface area contributed by atoms with Gasteiger partial charge in [-0.1, -0.05) is 25.1 Å². The first-order valence-electron chi connectivity index (χ1n) is 5.63. The largest absolute Gasteiger partial charge is 0.312 e. The first-order valence-corrected chi connectivity index (χ1v) is 5.63. The highest BCUT2D eigenvalue weighted by molar-refractivity contribution is 5.96. The van der Waals surface area contributed by atoms with Gasteiger partial charge in [0.15, 0.2) is 0 Å². The molecule has 80 valence electrons. The third-order valence-corrected chi connectivity index (χ3v) is 3.13. The number of carbonyl (C=O) groups excluding carboxylic acids is 1. The maximum atomic E-state index is 12.1. The summed E-state index contributed by atoms with van der Waals surface area (Å²) in [5.41, 5.74) is 2.41. The summed E-state index contributed by atoms with van der Waals surface area (Å²) in [6.07, 6.45) is 1.98. The third-order valence-electron chi connectivity index (χ3n) is 3.13. The van der Waals surface area contributed by atoms with Gasteiger partial charge in [0.2, 0.25) is 5.91 Å². The van der Waals surface area contributed by atoms with Crippen LogP contribution < -0.4 is 4.90 Å². The lowest BCUT2D eigenvalue weighted by atomic mass is 10.0. The van der Waals surface area contributed by atoms with Gasteiger partial charge in [-0.2, -0.15) is 0 Å². The van der Waals surface area contributed by atoms with Crippen molar-refractivity contribution in [3.8, 4) is 0 Å². The van der Waals surface area contributed by atoms with Crippen LogP contribution in [0.2, 0.25) is 0 Å². The Labute approximate surface area is 90.9 Å². The number of carbonyl (C=O) groups is 1. The van der Waals surface area contributed by atoms with Crippen molar-refractivity contribution in [2.75, 3.05) is 11.4 Å². The fraction of sp³-hybridized carbons (Fsp3) is 0.462. The van der Waals surface area contributed by atoms with Crippen LogP contribution >= 0.6 is 0 Å². The molecule has 2 nitrogen and oxygen atoms in total. The van der Waals surface area contributed by atoms with Crippen LogP contribution in [0.3, 0.4) is 0 Å². The molecule has 1 aromatic carbocycles. The van der Waals surface area contributed by atoms with Gasteiger partial charge in [-0.05, 0) is 31.4 Å². The molecule has 0 saturated heterocycles. The van der Waals surface area contributed by atoms with Crippen LogP contribution in [0, 0.1) is 5.92 Å². The highest BCUT2D eigenvalue weighted by Crippen LogP contribution is 2.28. The van der Waals surface area contributed by atoms with Gasteiger partial charge in [0.25, 0.3) is 0 Å².